The van der Waals surface area contributed by atoms with Crippen LogP contribution >= 0.6 is 0 Å². The van der Waals surface area contributed by atoms with E-state index in [0.717, 1.165) is 16.9 Å². The predicted molar refractivity (Wildman–Crippen MR) is 66.6 cm³/mol. The van der Waals surface area contributed by atoms with Gasteiger partial charge in [0.05, 0.1) is 11.8 Å². The Labute approximate surface area is 125 Å². The number of halogens is 1. The summed E-state index contributed by atoms with van der Waals surface area (Å²) in [6.07, 6.45) is 2.85. The largest absolute Gasteiger partial charge is 0.536 e. The number of rotatable bonds is 3. The second-order valence-electron chi connectivity index (χ2n) is 3.77. The molecule has 0 saturated heterocycles. The van der Waals surface area contributed by atoms with E-state index in [1.807, 2.05) is 6.08 Å². The van der Waals surface area contributed by atoms with Crippen LogP contribution in [0.15, 0.2) is 17.9 Å². The number of fused-ring (bicyclic) bond motifs is 1. The van der Waals surface area contributed by atoms with E-state index in [4.69, 9.17) is 10.00 Å². The maximum Gasteiger partial charge on any atom is 0.144 e. The van der Waals surface area contributed by atoms with Gasteiger partial charge in [-0.05, 0) is 29.3 Å². The summed E-state index contributed by atoms with van der Waals surface area (Å²) in [5.74, 6) is 0.428. The molecule has 0 bridgehead atoms. The zero-order valence-electron chi connectivity index (χ0n) is 10.2. The average molecular weight is 433 g/mol. The molecule has 19 heavy (non-hydrogen) atoms. The summed E-state index contributed by atoms with van der Waals surface area (Å²) in [6, 6.07) is 5.21. The van der Waals surface area contributed by atoms with Gasteiger partial charge in [0.1, 0.15) is 12.4 Å². The van der Waals surface area contributed by atoms with Crippen molar-refractivity contribution in [3.8, 4) is 6.07 Å². The molecule has 102 valence electrons. The zero-order chi connectivity index (χ0) is 12.3. The SMILES string of the molecule is O.[CH2-]Nc1cc2c(cc1F)COC(CCC#N)=C2.[W]. The van der Waals surface area contributed by atoms with E-state index in [1.54, 1.807) is 6.07 Å². The molecule has 0 aliphatic carbocycles. The number of nitrogens with zero attached hydrogens (tertiary/aromatic N) is 1. The van der Waals surface area contributed by atoms with Crippen LogP contribution in [0.5, 0.6) is 0 Å². The van der Waals surface area contributed by atoms with Crippen molar-refractivity contribution in [2.75, 3.05) is 5.32 Å². The van der Waals surface area contributed by atoms with Crippen molar-refractivity contribution < 1.29 is 35.7 Å². The molecular formula is C13H14FN2O2W-. The van der Waals surface area contributed by atoms with Crippen molar-refractivity contribution >= 4 is 11.8 Å². The summed E-state index contributed by atoms with van der Waals surface area (Å²) >= 11 is 0. The number of anilines is 1. The molecule has 1 aliphatic heterocycles. The number of nitriles is 1. The molecule has 0 spiro atoms. The fourth-order valence-electron chi connectivity index (χ4n) is 1.74. The van der Waals surface area contributed by atoms with Crippen LogP contribution in [0.25, 0.3) is 6.08 Å². The van der Waals surface area contributed by atoms with Gasteiger partial charge in [-0.25, -0.2) is 4.39 Å². The summed E-state index contributed by atoms with van der Waals surface area (Å²) in [4.78, 5) is 0. The molecule has 1 aromatic carbocycles. The Morgan fingerprint density at radius 1 is 1.47 bits per heavy atom. The number of hydrogen-bond donors (Lipinski definition) is 1. The van der Waals surface area contributed by atoms with Crippen LogP contribution in [0, 0.1) is 24.2 Å². The smallest absolute Gasteiger partial charge is 0.144 e. The molecule has 0 unspecified atom stereocenters. The van der Waals surface area contributed by atoms with Crippen molar-refractivity contribution in [1.29, 1.82) is 5.26 Å². The van der Waals surface area contributed by atoms with Gasteiger partial charge in [-0.2, -0.15) is 5.26 Å². The van der Waals surface area contributed by atoms with E-state index in [-0.39, 0.29) is 32.4 Å². The van der Waals surface area contributed by atoms with Crippen molar-refractivity contribution in [2.45, 2.75) is 19.4 Å². The Hall–Kier alpha value is -1.37. The second-order valence-corrected chi connectivity index (χ2v) is 3.77. The van der Waals surface area contributed by atoms with E-state index in [9.17, 15) is 4.39 Å². The summed E-state index contributed by atoms with van der Waals surface area (Å²) in [5.41, 5.74) is 2.08. The first kappa shape index (κ1) is 17.6. The minimum Gasteiger partial charge on any atom is -0.536 e. The number of ether oxygens (including phenoxy) is 1. The van der Waals surface area contributed by atoms with E-state index in [0.29, 0.717) is 25.1 Å². The summed E-state index contributed by atoms with van der Waals surface area (Å²) in [5, 5.41) is 11.1. The minimum absolute atomic E-state index is 0. The van der Waals surface area contributed by atoms with Gasteiger partial charge in [-0.1, -0.05) is 0 Å². The monoisotopic (exact) mass is 433 g/mol. The Morgan fingerprint density at radius 3 is 2.84 bits per heavy atom. The fourth-order valence-corrected chi connectivity index (χ4v) is 1.74. The fraction of sp³-hybridized carbons (Fsp3) is 0.231. The molecule has 1 aromatic rings. The molecule has 4 nitrogen and oxygen atoms in total. The van der Waals surface area contributed by atoms with E-state index in [1.165, 1.54) is 6.07 Å². The van der Waals surface area contributed by atoms with Crippen LogP contribution in [0.3, 0.4) is 0 Å². The van der Waals surface area contributed by atoms with Crippen LogP contribution in [-0.4, -0.2) is 5.48 Å². The molecule has 6 heteroatoms. The van der Waals surface area contributed by atoms with Crippen LogP contribution in [0.2, 0.25) is 0 Å². The molecule has 2 rings (SSSR count). The molecule has 3 N–H and O–H groups in total. The zero-order valence-corrected chi connectivity index (χ0v) is 13.1. The van der Waals surface area contributed by atoms with Gasteiger partial charge < -0.3 is 15.5 Å². The summed E-state index contributed by atoms with van der Waals surface area (Å²) in [6.45, 7) is 0.348. The van der Waals surface area contributed by atoms with E-state index < -0.39 is 0 Å². The third-order valence-corrected chi connectivity index (χ3v) is 2.63. The number of allylic oxidation sites excluding steroid dienone is 1. The number of nitrogens with one attached hydrogen (secondary N) is 1. The maximum atomic E-state index is 13.5. The van der Waals surface area contributed by atoms with Crippen molar-refractivity contribution in [3.05, 3.63) is 41.9 Å². The van der Waals surface area contributed by atoms with Gasteiger partial charge in [-0.3, -0.25) is 7.05 Å². The minimum atomic E-state index is -0.337. The molecular weight excluding hydrogens is 419 g/mol. The standard InChI is InChI=1S/C13H12FN2O.H2O.W/c1-16-13-7-9-5-11(3-2-4-15)17-8-10(9)6-12(13)14;;/h5-7,16H,1-3,8H2;1H2;/q-1;;. The van der Waals surface area contributed by atoms with Gasteiger partial charge in [0.15, 0.2) is 0 Å². The topological polar surface area (TPSA) is 76.6 Å². The predicted octanol–water partition coefficient (Wildman–Crippen LogP) is 2.38. The molecule has 0 saturated carbocycles. The molecule has 1 aliphatic rings. The normalized spacial score (nSPS) is 11.7. The van der Waals surface area contributed by atoms with Crippen LogP contribution in [0.1, 0.15) is 24.0 Å². The molecule has 0 amide bonds. The van der Waals surface area contributed by atoms with Gasteiger partial charge >= 0.3 is 0 Å². The van der Waals surface area contributed by atoms with Crippen LogP contribution in [0.4, 0.5) is 10.1 Å². The van der Waals surface area contributed by atoms with Crippen LogP contribution < -0.4 is 5.32 Å². The summed E-state index contributed by atoms with van der Waals surface area (Å²) in [7, 11) is 3.45. The maximum absolute atomic E-state index is 13.5. The van der Waals surface area contributed by atoms with E-state index >= 15 is 0 Å². The molecule has 0 fully saturated rings. The molecule has 0 aromatic heterocycles. The average Bonchev–Trinajstić information content (AvgIpc) is 2.35. The Morgan fingerprint density at radius 2 is 2.21 bits per heavy atom. The second kappa shape index (κ2) is 7.93. The van der Waals surface area contributed by atoms with Gasteiger partial charge in [0.2, 0.25) is 0 Å². The first-order valence-corrected chi connectivity index (χ1v) is 5.30. The Balaban J connectivity index is 0.00000162. The number of hydrogen-bond acceptors (Lipinski definition) is 3. The first-order chi connectivity index (χ1) is 8.24. The molecule has 0 atom stereocenters. The van der Waals surface area contributed by atoms with E-state index in [2.05, 4.69) is 18.4 Å². The third-order valence-electron chi connectivity index (χ3n) is 2.63. The van der Waals surface area contributed by atoms with Gasteiger partial charge in [0, 0.05) is 39.6 Å². The molecule has 1 heterocycles. The van der Waals surface area contributed by atoms with Gasteiger partial charge in [0.25, 0.3) is 0 Å². The third kappa shape index (κ3) is 4.05. The summed E-state index contributed by atoms with van der Waals surface area (Å²) < 4.78 is 18.9. The van der Waals surface area contributed by atoms with Crippen molar-refractivity contribution in [1.82, 2.24) is 0 Å². The van der Waals surface area contributed by atoms with Gasteiger partial charge in [-0.15, -0.1) is 0 Å². The Kier molecular flexibility index (Phi) is 7.36. The van der Waals surface area contributed by atoms with Crippen molar-refractivity contribution in [2.24, 2.45) is 0 Å². The van der Waals surface area contributed by atoms with Crippen LogP contribution in [-0.2, 0) is 32.4 Å². The quantitative estimate of drug-likeness (QED) is 0.745. The first-order valence-electron chi connectivity index (χ1n) is 5.30. The number of benzene rings is 1. The Bertz CT molecular complexity index is 512. The van der Waals surface area contributed by atoms with Crippen molar-refractivity contribution in [3.63, 3.8) is 0 Å². The molecule has 0 radical (unpaired) electrons.